The Hall–Kier alpha value is -2.73. The van der Waals surface area contributed by atoms with Crippen molar-refractivity contribution in [3.63, 3.8) is 0 Å². The lowest BCUT2D eigenvalue weighted by atomic mass is 10.1. The number of nitro groups is 1. The number of nitrogens with zero attached hydrogens (tertiary/aromatic N) is 3. The van der Waals surface area contributed by atoms with Gasteiger partial charge in [0.05, 0.1) is 4.92 Å². The molecule has 1 amide bonds. The fraction of sp³-hybridized carbons (Fsp3) is 0.278. The van der Waals surface area contributed by atoms with E-state index in [0.717, 1.165) is 30.8 Å². The van der Waals surface area contributed by atoms with Crippen LogP contribution in [-0.2, 0) is 6.54 Å². The van der Waals surface area contributed by atoms with Gasteiger partial charge in [0.15, 0.2) is 0 Å². The first-order valence-corrected chi connectivity index (χ1v) is 7.93. The molecule has 0 bridgehead atoms. The molecule has 2 aromatic rings. The SMILES string of the molecule is O=C(c1ccccc1)N1CCN(Cc2ccc([N+](=O)[O-])cc2)CC1. The predicted molar refractivity (Wildman–Crippen MR) is 90.7 cm³/mol. The second-order valence-corrected chi connectivity index (χ2v) is 5.86. The maximum Gasteiger partial charge on any atom is 0.269 e. The van der Waals surface area contributed by atoms with Gasteiger partial charge in [-0.2, -0.15) is 0 Å². The van der Waals surface area contributed by atoms with Crippen LogP contribution in [0, 0.1) is 10.1 Å². The summed E-state index contributed by atoms with van der Waals surface area (Å²) in [7, 11) is 0. The van der Waals surface area contributed by atoms with Crippen molar-refractivity contribution in [2.24, 2.45) is 0 Å². The van der Waals surface area contributed by atoms with E-state index in [-0.39, 0.29) is 11.6 Å². The van der Waals surface area contributed by atoms with Crippen LogP contribution in [0.2, 0.25) is 0 Å². The minimum absolute atomic E-state index is 0.0746. The van der Waals surface area contributed by atoms with Crippen LogP contribution in [0.15, 0.2) is 54.6 Å². The van der Waals surface area contributed by atoms with Crippen molar-refractivity contribution in [2.75, 3.05) is 26.2 Å². The first kappa shape index (κ1) is 16.1. The zero-order valence-electron chi connectivity index (χ0n) is 13.3. The Bertz CT molecular complexity index is 708. The van der Waals surface area contributed by atoms with E-state index >= 15 is 0 Å². The molecule has 1 aliphatic heterocycles. The van der Waals surface area contributed by atoms with Gasteiger partial charge in [-0.15, -0.1) is 0 Å². The first-order chi connectivity index (χ1) is 11.6. The van der Waals surface area contributed by atoms with Gasteiger partial charge in [-0.25, -0.2) is 0 Å². The van der Waals surface area contributed by atoms with Crippen molar-refractivity contribution >= 4 is 11.6 Å². The van der Waals surface area contributed by atoms with Crippen LogP contribution in [0.4, 0.5) is 5.69 Å². The number of hydrogen-bond acceptors (Lipinski definition) is 4. The Labute approximate surface area is 140 Å². The third-order valence-electron chi connectivity index (χ3n) is 4.23. The molecule has 0 aliphatic carbocycles. The molecule has 1 saturated heterocycles. The highest BCUT2D eigenvalue weighted by Gasteiger charge is 2.22. The molecule has 0 atom stereocenters. The fourth-order valence-electron chi connectivity index (χ4n) is 2.85. The zero-order chi connectivity index (χ0) is 16.9. The second kappa shape index (κ2) is 7.23. The van der Waals surface area contributed by atoms with Gasteiger partial charge < -0.3 is 4.90 Å². The standard InChI is InChI=1S/C18H19N3O3/c22-18(16-4-2-1-3-5-16)20-12-10-19(11-13-20)14-15-6-8-17(9-7-15)21(23)24/h1-9H,10-14H2. The maximum absolute atomic E-state index is 12.4. The van der Waals surface area contributed by atoms with Gasteiger partial charge in [0.2, 0.25) is 0 Å². The largest absolute Gasteiger partial charge is 0.336 e. The second-order valence-electron chi connectivity index (χ2n) is 5.86. The van der Waals surface area contributed by atoms with E-state index in [2.05, 4.69) is 4.90 Å². The summed E-state index contributed by atoms with van der Waals surface area (Å²) in [4.78, 5) is 26.8. The lowest BCUT2D eigenvalue weighted by Crippen LogP contribution is -2.48. The summed E-state index contributed by atoms with van der Waals surface area (Å²) in [6, 6.07) is 16.0. The van der Waals surface area contributed by atoms with E-state index in [1.807, 2.05) is 35.2 Å². The van der Waals surface area contributed by atoms with Crippen molar-refractivity contribution in [2.45, 2.75) is 6.54 Å². The highest BCUT2D eigenvalue weighted by molar-refractivity contribution is 5.94. The van der Waals surface area contributed by atoms with Crippen molar-refractivity contribution in [1.82, 2.24) is 9.80 Å². The molecule has 6 heteroatoms. The molecule has 0 saturated carbocycles. The molecule has 1 aliphatic rings. The van der Waals surface area contributed by atoms with Crippen LogP contribution >= 0.6 is 0 Å². The minimum atomic E-state index is -0.391. The van der Waals surface area contributed by atoms with Gasteiger partial charge in [-0.05, 0) is 17.7 Å². The summed E-state index contributed by atoms with van der Waals surface area (Å²) in [6.07, 6.45) is 0. The quantitative estimate of drug-likeness (QED) is 0.640. The Morgan fingerprint density at radius 1 is 0.958 bits per heavy atom. The average molecular weight is 325 g/mol. The number of carbonyl (C=O) groups excluding carboxylic acids is 1. The van der Waals surface area contributed by atoms with E-state index < -0.39 is 4.92 Å². The number of amides is 1. The van der Waals surface area contributed by atoms with Crippen LogP contribution in [-0.4, -0.2) is 46.8 Å². The minimum Gasteiger partial charge on any atom is -0.336 e. The molecule has 1 fully saturated rings. The topological polar surface area (TPSA) is 66.7 Å². The molecule has 0 N–H and O–H groups in total. The summed E-state index contributed by atoms with van der Waals surface area (Å²) >= 11 is 0. The van der Waals surface area contributed by atoms with Gasteiger partial charge in [0.1, 0.15) is 0 Å². The number of benzene rings is 2. The van der Waals surface area contributed by atoms with E-state index in [1.54, 1.807) is 12.1 Å². The normalized spacial score (nSPS) is 15.2. The summed E-state index contributed by atoms with van der Waals surface area (Å²) < 4.78 is 0. The van der Waals surface area contributed by atoms with Gasteiger partial charge in [0.25, 0.3) is 11.6 Å². The molecule has 0 aromatic heterocycles. The molecule has 6 nitrogen and oxygen atoms in total. The lowest BCUT2D eigenvalue weighted by Gasteiger charge is -2.34. The van der Waals surface area contributed by atoms with Crippen molar-refractivity contribution in [3.8, 4) is 0 Å². The number of non-ortho nitro benzene ring substituents is 1. The fourth-order valence-corrected chi connectivity index (χ4v) is 2.85. The number of carbonyl (C=O) groups is 1. The molecule has 0 unspecified atom stereocenters. The van der Waals surface area contributed by atoms with Gasteiger partial charge >= 0.3 is 0 Å². The molecule has 124 valence electrons. The van der Waals surface area contributed by atoms with E-state index in [4.69, 9.17) is 0 Å². The Kier molecular flexibility index (Phi) is 4.86. The summed E-state index contributed by atoms with van der Waals surface area (Å²) in [5, 5.41) is 10.7. The molecule has 1 heterocycles. The predicted octanol–water partition coefficient (Wildman–Crippen LogP) is 2.55. The molecule has 24 heavy (non-hydrogen) atoms. The summed E-state index contributed by atoms with van der Waals surface area (Å²) in [5.74, 6) is 0.0746. The zero-order valence-corrected chi connectivity index (χ0v) is 13.3. The van der Waals surface area contributed by atoms with Crippen molar-refractivity contribution in [3.05, 3.63) is 75.8 Å². The third-order valence-corrected chi connectivity index (χ3v) is 4.23. The highest BCUT2D eigenvalue weighted by atomic mass is 16.6. The Balaban J connectivity index is 1.53. The van der Waals surface area contributed by atoms with E-state index in [0.29, 0.717) is 13.1 Å². The van der Waals surface area contributed by atoms with Crippen LogP contribution in [0.1, 0.15) is 15.9 Å². The Morgan fingerprint density at radius 3 is 2.17 bits per heavy atom. The number of hydrogen-bond donors (Lipinski definition) is 0. The summed E-state index contributed by atoms with van der Waals surface area (Å²) in [5.41, 5.74) is 1.88. The van der Waals surface area contributed by atoms with Gasteiger partial charge in [0, 0.05) is 50.4 Å². The molecular formula is C18H19N3O3. The number of rotatable bonds is 4. The van der Waals surface area contributed by atoms with E-state index in [9.17, 15) is 14.9 Å². The highest BCUT2D eigenvalue weighted by Crippen LogP contribution is 2.15. The molecular weight excluding hydrogens is 306 g/mol. The first-order valence-electron chi connectivity index (χ1n) is 7.93. The lowest BCUT2D eigenvalue weighted by molar-refractivity contribution is -0.384. The van der Waals surface area contributed by atoms with Crippen molar-refractivity contribution in [1.29, 1.82) is 0 Å². The van der Waals surface area contributed by atoms with Crippen LogP contribution in [0.25, 0.3) is 0 Å². The molecule has 2 aromatic carbocycles. The van der Waals surface area contributed by atoms with E-state index in [1.165, 1.54) is 12.1 Å². The molecule has 0 spiro atoms. The average Bonchev–Trinajstić information content (AvgIpc) is 2.63. The molecule has 0 radical (unpaired) electrons. The summed E-state index contributed by atoms with van der Waals surface area (Å²) in [6.45, 7) is 3.73. The smallest absolute Gasteiger partial charge is 0.269 e. The van der Waals surface area contributed by atoms with Crippen LogP contribution in [0.5, 0.6) is 0 Å². The van der Waals surface area contributed by atoms with Crippen molar-refractivity contribution < 1.29 is 9.72 Å². The third kappa shape index (κ3) is 3.78. The van der Waals surface area contributed by atoms with Gasteiger partial charge in [-0.1, -0.05) is 30.3 Å². The van der Waals surface area contributed by atoms with Crippen LogP contribution in [0.3, 0.4) is 0 Å². The Morgan fingerprint density at radius 2 is 1.58 bits per heavy atom. The van der Waals surface area contributed by atoms with Gasteiger partial charge in [-0.3, -0.25) is 19.8 Å². The van der Waals surface area contributed by atoms with Crippen LogP contribution < -0.4 is 0 Å². The maximum atomic E-state index is 12.4. The monoisotopic (exact) mass is 325 g/mol. The number of piperazine rings is 1. The number of nitro benzene ring substituents is 1. The molecule has 3 rings (SSSR count).